The average Bonchev–Trinajstić information content (AvgIpc) is 3.16. The molecule has 220 valence electrons. The summed E-state index contributed by atoms with van der Waals surface area (Å²) in [7, 11) is 4.80. The molecular formula is C33H39N5O4. The zero-order valence-electron chi connectivity index (χ0n) is 24.7. The highest BCUT2D eigenvalue weighted by atomic mass is 16.5. The molecular weight excluding hydrogens is 530 g/mol. The number of fused-ring (bicyclic) bond motifs is 1. The number of likely N-dealkylation sites (tertiary alicyclic amines) is 1. The molecule has 3 aromatic carbocycles. The highest BCUT2D eigenvalue weighted by Crippen LogP contribution is 2.35. The van der Waals surface area contributed by atoms with E-state index in [-0.39, 0.29) is 23.9 Å². The van der Waals surface area contributed by atoms with Crippen LogP contribution in [0.5, 0.6) is 11.5 Å². The number of methoxy groups -OCH3 is 2. The number of nitrogens with one attached hydrogen (secondary N) is 2. The maximum atomic E-state index is 13.1. The van der Waals surface area contributed by atoms with Crippen molar-refractivity contribution in [3.63, 3.8) is 0 Å². The first kappa shape index (κ1) is 29.1. The van der Waals surface area contributed by atoms with Crippen molar-refractivity contribution in [2.75, 3.05) is 39.7 Å². The molecule has 2 aliphatic heterocycles. The molecule has 0 spiro atoms. The van der Waals surface area contributed by atoms with Crippen molar-refractivity contribution in [3.8, 4) is 11.5 Å². The van der Waals surface area contributed by atoms with Gasteiger partial charge in [0.25, 0.3) is 0 Å². The lowest BCUT2D eigenvalue weighted by molar-refractivity contribution is -0.121. The van der Waals surface area contributed by atoms with Gasteiger partial charge in [0.2, 0.25) is 5.91 Å². The molecule has 1 saturated heterocycles. The van der Waals surface area contributed by atoms with Crippen LogP contribution >= 0.6 is 0 Å². The second-order valence-electron chi connectivity index (χ2n) is 10.9. The molecule has 2 aliphatic rings. The number of piperidine rings is 1. The number of carbonyl (C=O) groups excluding carboxylic acids is 2. The molecule has 2 heterocycles. The van der Waals surface area contributed by atoms with Gasteiger partial charge in [0.15, 0.2) is 11.5 Å². The molecule has 9 nitrogen and oxygen atoms in total. The third-order valence-electron chi connectivity index (χ3n) is 8.06. The van der Waals surface area contributed by atoms with Crippen LogP contribution in [0.1, 0.15) is 42.0 Å². The van der Waals surface area contributed by atoms with Crippen molar-refractivity contribution in [1.29, 1.82) is 0 Å². The lowest BCUT2D eigenvalue weighted by Crippen LogP contribution is -2.41. The highest BCUT2D eigenvalue weighted by Gasteiger charge is 2.29. The quantitative estimate of drug-likeness (QED) is 0.422. The van der Waals surface area contributed by atoms with Crippen LogP contribution in [0.25, 0.3) is 0 Å². The zero-order chi connectivity index (χ0) is 29.6. The molecule has 1 fully saturated rings. The van der Waals surface area contributed by atoms with Crippen molar-refractivity contribution < 1.29 is 19.1 Å². The van der Waals surface area contributed by atoms with Gasteiger partial charge in [-0.2, -0.15) is 5.10 Å². The minimum atomic E-state index is -0.287. The fourth-order valence-electron chi connectivity index (χ4n) is 5.70. The van der Waals surface area contributed by atoms with Gasteiger partial charge in [-0.05, 0) is 74.7 Å². The predicted octanol–water partition coefficient (Wildman–Crippen LogP) is 4.89. The third-order valence-corrected chi connectivity index (χ3v) is 8.06. The Bertz CT molecular complexity index is 1430. The molecule has 42 heavy (non-hydrogen) atoms. The number of hydrogen-bond acceptors (Lipinski definition) is 6. The van der Waals surface area contributed by atoms with Gasteiger partial charge < -0.3 is 20.1 Å². The summed E-state index contributed by atoms with van der Waals surface area (Å²) in [5, 5.41) is 12.1. The van der Waals surface area contributed by atoms with Gasteiger partial charge in [0.1, 0.15) is 0 Å². The standard InChI is InChI=1S/C33H39N5O4/c1-22-18-26-19-29(41-3)30(42-4)20-28(26)31(36-38(22)33(40)34-2)24-10-12-27(13-11-24)35-32(39)25-14-16-37(17-15-25)21-23-8-6-5-7-9-23/h5-13,19-20,22,25H,14-18,21H2,1-4H3,(H,34,40)(H,35,39)/t22-/m0/s1. The Labute approximate surface area is 247 Å². The molecule has 3 amide bonds. The minimum absolute atomic E-state index is 0.0140. The maximum absolute atomic E-state index is 13.1. The van der Waals surface area contributed by atoms with Gasteiger partial charge in [0, 0.05) is 36.3 Å². The van der Waals surface area contributed by atoms with Crippen molar-refractivity contribution in [2.24, 2.45) is 11.0 Å². The lowest BCUT2D eigenvalue weighted by Gasteiger charge is -2.31. The van der Waals surface area contributed by atoms with Crippen LogP contribution in [0.2, 0.25) is 0 Å². The number of anilines is 1. The first-order chi connectivity index (χ1) is 20.4. The molecule has 0 radical (unpaired) electrons. The number of hydrogen-bond donors (Lipinski definition) is 2. The van der Waals surface area contributed by atoms with Crippen LogP contribution < -0.4 is 20.1 Å². The Hall–Kier alpha value is -4.37. The van der Waals surface area contributed by atoms with Crippen LogP contribution in [0, 0.1) is 5.92 Å². The summed E-state index contributed by atoms with van der Waals surface area (Å²) < 4.78 is 11.1. The first-order valence-electron chi connectivity index (χ1n) is 14.4. The summed E-state index contributed by atoms with van der Waals surface area (Å²) in [6.45, 7) is 4.69. The molecule has 0 aromatic heterocycles. The van der Waals surface area contributed by atoms with E-state index in [4.69, 9.17) is 14.6 Å². The number of hydrazone groups is 1. The monoisotopic (exact) mass is 569 g/mol. The highest BCUT2D eigenvalue weighted by molar-refractivity contribution is 6.14. The van der Waals surface area contributed by atoms with E-state index >= 15 is 0 Å². The Morgan fingerprint density at radius 3 is 2.26 bits per heavy atom. The zero-order valence-corrected chi connectivity index (χ0v) is 24.7. The summed E-state index contributed by atoms with van der Waals surface area (Å²) in [6.07, 6.45) is 2.26. The van der Waals surface area contributed by atoms with E-state index in [0.29, 0.717) is 23.6 Å². The fraction of sp³-hybridized carbons (Fsp3) is 0.364. The van der Waals surface area contributed by atoms with Gasteiger partial charge in [-0.25, -0.2) is 9.80 Å². The largest absolute Gasteiger partial charge is 0.493 e. The van der Waals surface area contributed by atoms with E-state index in [1.54, 1.807) is 21.3 Å². The molecule has 5 rings (SSSR count). The van der Waals surface area contributed by atoms with Crippen LogP contribution in [0.15, 0.2) is 71.8 Å². The Morgan fingerprint density at radius 1 is 0.952 bits per heavy atom. The molecule has 0 unspecified atom stereocenters. The molecule has 1 atom stereocenters. The van der Waals surface area contributed by atoms with E-state index in [1.165, 1.54) is 10.6 Å². The second-order valence-corrected chi connectivity index (χ2v) is 10.9. The van der Waals surface area contributed by atoms with Crippen LogP contribution in [0.3, 0.4) is 0 Å². The van der Waals surface area contributed by atoms with Crippen molar-refractivity contribution >= 4 is 23.3 Å². The van der Waals surface area contributed by atoms with Crippen LogP contribution in [-0.4, -0.2) is 68.0 Å². The van der Waals surface area contributed by atoms with E-state index in [9.17, 15) is 9.59 Å². The maximum Gasteiger partial charge on any atom is 0.337 e. The average molecular weight is 570 g/mol. The first-order valence-corrected chi connectivity index (χ1v) is 14.4. The Kier molecular flexibility index (Phi) is 9.07. The van der Waals surface area contributed by atoms with E-state index in [1.807, 2.05) is 49.4 Å². The molecule has 0 saturated carbocycles. The van der Waals surface area contributed by atoms with Gasteiger partial charge in [0.05, 0.1) is 26.0 Å². The summed E-state index contributed by atoms with van der Waals surface area (Å²) in [4.78, 5) is 28.3. The SMILES string of the molecule is CNC(=O)N1N=C(c2ccc(NC(=O)C3CCN(Cc4ccccc4)CC3)cc2)c2cc(OC)c(OC)cc2C[C@@H]1C. The summed E-state index contributed by atoms with van der Waals surface area (Å²) in [5.74, 6) is 1.25. The van der Waals surface area contributed by atoms with Gasteiger partial charge >= 0.3 is 6.03 Å². The third kappa shape index (κ3) is 6.41. The van der Waals surface area contributed by atoms with Crippen LogP contribution in [0.4, 0.5) is 10.5 Å². The topological polar surface area (TPSA) is 95.5 Å². The van der Waals surface area contributed by atoms with Crippen molar-refractivity contribution in [2.45, 2.75) is 38.8 Å². The fourth-order valence-corrected chi connectivity index (χ4v) is 5.70. The van der Waals surface area contributed by atoms with Gasteiger partial charge in [-0.3, -0.25) is 9.69 Å². The molecule has 2 N–H and O–H groups in total. The number of ether oxygens (including phenoxy) is 2. The number of carbonyl (C=O) groups is 2. The normalized spacial score (nSPS) is 17.5. The molecule has 0 bridgehead atoms. The number of rotatable bonds is 7. The summed E-state index contributed by atoms with van der Waals surface area (Å²) in [6, 6.07) is 21.5. The molecule has 0 aliphatic carbocycles. The van der Waals surface area contributed by atoms with Gasteiger partial charge in [-0.15, -0.1) is 0 Å². The van der Waals surface area contributed by atoms with Crippen molar-refractivity contribution in [3.05, 3.63) is 89.0 Å². The summed E-state index contributed by atoms with van der Waals surface area (Å²) in [5.41, 5.74) is 5.35. The number of amides is 3. The molecule has 9 heteroatoms. The second kappa shape index (κ2) is 13.1. The van der Waals surface area contributed by atoms with E-state index < -0.39 is 0 Å². The lowest BCUT2D eigenvalue weighted by atomic mass is 9.93. The Morgan fingerprint density at radius 2 is 1.62 bits per heavy atom. The molecule has 3 aromatic rings. The van der Waals surface area contributed by atoms with Gasteiger partial charge in [-0.1, -0.05) is 42.5 Å². The predicted molar refractivity (Wildman–Crippen MR) is 164 cm³/mol. The number of benzene rings is 3. The number of nitrogens with zero attached hydrogens (tertiary/aromatic N) is 3. The Balaban J connectivity index is 1.32. The van der Waals surface area contributed by atoms with E-state index in [2.05, 4.69) is 39.8 Å². The van der Waals surface area contributed by atoms with Crippen LogP contribution in [-0.2, 0) is 17.8 Å². The van der Waals surface area contributed by atoms with Crippen molar-refractivity contribution in [1.82, 2.24) is 15.2 Å². The summed E-state index contributed by atoms with van der Waals surface area (Å²) >= 11 is 0. The van der Waals surface area contributed by atoms with E-state index in [0.717, 1.165) is 54.9 Å². The minimum Gasteiger partial charge on any atom is -0.493 e. The number of urea groups is 1. The smallest absolute Gasteiger partial charge is 0.337 e.